The topological polar surface area (TPSA) is 58.6 Å². The van der Waals surface area contributed by atoms with E-state index in [-0.39, 0.29) is 18.2 Å². The van der Waals surface area contributed by atoms with Gasteiger partial charge in [-0.1, -0.05) is 23.7 Å². The first-order valence-corrected chi connectivity index (χ1v) is 9.38. The number of halogens is 1. The molecule has 0 spiro atoms. The molecule has 6 nitrogen and oxygen atoms in total. The largest absolute Gasteiger partial charge is 0.444 e. The van der Waals surface area contributed by atoms with Crippen molar-refractivity contribution in [3.63, 3.8) is 0 Å². The molecule has 1 aromatic heterocycles. The highest BCUT2D eigenvalue weighted by Crippen LogP contribution is 2.35. The van der Waals surface area contributed by atoms with Crippen LogP contribution in [-0.4, -0.2) is 51.7 Å². The van der Waals surface area contributed by atoms with Gasteiger partial charge in [-0.05, 0) is 45.7 Å². The third-order valence-electron chi connectivity index (χ3n) is 4.90. The number of para-hydroxylation sites is 2. The number of nitrogens with zero attached hydrogens (tertiary/aromatic N) is 4. The number of hydrogen-bond acceptors (Lipinski definition) is 5. The highest BCUT2D eigenvalue weighted by atomic mass is 35.5. The molecule has 2 aliphatic heterocycles. The lowest BCUT2D eigenvalue weighted by atomic mass is 10.2. The number of piperazine rings is 1. The van der Waals surface area contributed by atoms with E-state index in [1.54, 1.807) is 0 Å². The summed E-state index contributed by atoms with van der Waals surface area (Å²) in [5.41, 5.74) is 1.13. The zero-order valence-electron chi connectivity index (χ0n) is 15.3. The lowest BCUT2D eigenvalue weighted by molar-refractivity contribution is 0.0123. The van der Waals surface area contributed by atoms with Crippen LogP contribution < -0.4 is 4.90 Å². The molecule has 0 saturated carbocycles. The number of carbonyl (C=O) groups excluding carboxylic acids is 1. The Kier molecular flexibility index (Phi) is 4.18. The Labute approximate surface area is 158 Å². The van der Waals surface area contributed by atoms with E-state index in [4.69, 9.17) is 21.3 Å². The van der Waals surface area contributed by atoms with Crippen LogP contribution >= 0.6 is 11.6 Å². The van der Waals surface area contributed by atoms with Crippen LogP contribution in [0.1, 0.15) is 33.6 Å². The molecule has 1 aromatic carbocycles. The van der Waals surface area contributed by atoms with E-state index in [0.29, 0.717) is 24.1 Å². The molecule has 0 radical (unpaired) electrons. The summed E-state index contributed by atoms with van der Waals surface area (Å²) in [4.78, 5) is 25.9. The van der Waals surface area contributed by atoms with Crippen LogP contribution in [0.25, 0.3) is 11.0 Å². The Bertz CT molecular complexity index is 837. The van der Waals surface area contributed by atoms with Gasteiger partial charge in [0.15, 0.2) is 11.0 Å². The Morgan fingerprint density at radius 2 is 1.69 bits per heavy atom. The molecule has 7 heteroatoms. The van der Waals surface area contributed by atoms with Crippen LogP contribution in [0.5, 0.6) is 0 Å². The molecule has 2 saturated heterocycles. The minimum atomic E-state index is -0.485. The molecule has 4 rings (SSSR count). The molecule has 2 atom stereocenters. The van der Waals surface area contributed by atoms with Gasteiger partial charge in [0.25, 0.3) is 0 Å². The van der Waals surface area contributed by atoms with E-state index in [1.165, 1.54) is 0 Å². The number of carbonyl (C=O) groups is 1. The van der Waals surface area contributed by atoms with Gasteiger partial charge < -0.3 is 9.64 Å². The number of anilines is 1. The van der Waals surface area contributed by atoms with Crippen LogP contribution in [0.3, 0.4) is 0 Å². The number of aromatic nitrogens is 2. The summed E-state index contributed by atoms with van der Waals surface area (Å²) in [7, 11) is 0. The van der Waals surface area contributed by atoms with Crippen molar-refractivity contribution in [2.24, 2.45) is 0 Å². The molecule has 2 unspecified atom stereocenters. The maximum atomic E-state index is 12.6. The highest BCUT2D eigenvalue weighted by Gasteiger charge is 2.45. The standard InChI is InChI=1S/C19H23ClN4O2/c1-19(2,3)26-18(25)24-12-8-9-13(24)11-23(10-12)17-16(20)21-14-6-4-5-7-15(14)22-17/h4-7,12-13H,8-11H2,1-3H3. The Balaban J connectivity index is 1.58. The quantitative estimate of drug-likeness (QED) is 0.758. The average Bonchev–Trinajstić information content (AvgIpc) is 2.83. The Morgan fingerprint density at radius 1 is 1.12 bits per heavy atom. The molecule has 2 bridgehead atoms. The Hall–Kier alpha value is -2.08. The maximum Gasteiger partial charge on any atom is 0.410 e. The zero-order valence-corrected chi connectivity index (χ0v) is 16.0. The second-order valence-electron chi connectivity index (χ2n) is 8.00. The van der Waals surface area contributed by atoms with Crippen LogP contribution in [-0.2, 0) is 4.74 Å². The number of fused-ring (bicyclic) bond motifs is 3. The molecule has 0 aliphatic carbocycles. The van der Waals surface area contributed by atoms with E-state index in [2.05, 4.69) is 9.88 Å². The number of rotatable bonds is 1. The molecule has 2 aromatic rings. The van der Waals surface area contributed by atoms with Crippen molar-refractivity contribution >= 4 is 34.5 Å². The number of ether oxygens (including phenoxy) is 1. The second-order valence-corrected chi connectivity index (χ2v) is 8.36. The summed E-state index contributed by atoms with van der Waals surface area (Å²) in [5.74, 6) is 0.700. The lowest BCUT2D eigenvalue weighted by Crippen LogP contribution is -2.57. The summed E-state index contributed by atoms with van der Waals surface area (Å²) in [6.45, 7) is 7.08. The molecule has 1 amide bonds. The predicted octanol–water partition coefficient (Wildman–Crippen LogP) is 3.87. The third-order valence-corrected chi connectivity index (χ3v) is 5.15. The Morgan fingerprint density at radius 3 is 2.27 bits per heavy atom. The molecular formula is C19H23ClN4O2. The van der Waals surface area contributed by atoms with Gasteiger partial charge >= 0.3 is 6.09 Å². The lowest BCUT2D eigenvalue weighted by Gasteiger charge is -2.41. The van der Waals surface area contributed by atoms with E-state index >= 15 is 0 Å². The van der Waals surface area contributed by atoms with Crippen LogP contribution in [0, 0.1) is 0 Å². The van der Waals surface area contributed by atoms with Crippen molar-refractivity contribution in [2.45, 2.75) is 51.3 Å². The van der Waals surface area contributed by atoms with E-state index in [9.17, 15) is 4.79 Å². The van der Waals surface area contributed by atoms with Gasteiger partial charge in [-0.2, -0.15) is 0 Å². The highest BCUT2D eigenvalue weighted by molar-refractivity contribution is 6.32. The number of hydrogen-bond donors (Lipinski definition) is 0. The second kappa shape index (κ2) is 6.27. The molecule has 2 aliphatic rings. The van der Waals surface area contributed by atoms with Crippen LogP contribution in [0.15, 0.2) is 24.3 Å². The SMILES string of the molecule is CC(C)(C)OC(=O)N1C2CCC1CN(c1nc3ccccc3nc1Cl)C2. The van der Waals surface area contributed by atoms with Crippen molar-refractivity contribution in [3.05, 3.63) is 29.4 Å². The van der Waals surface area contributed by atoms with Gasteiger partial charge in [-0.25, -0.2) is 14.8 Å². The van der Waals surface area contributed by atoms with Gasteiger partial charge in [0.05, 0.1) is 23.1 Å². The third kappa shape index (κ3) is 3.18. The molecule has 138 valence electrons. The number of benzene rings is 1. The van der Waals surface area contributed by atoms with Gasteiger partial charge in [-0.15, -0.1) is 0 Å². The van der Waals surface area contributed by atoms with Crippen molar-refractivity contribution < 1.29 is 9.53 Å². The van der Waals surface area contributed by atoms with Crippen LogP contribution in [0.2, 0.25) is 5.15 Å². The van der Waals surface area contributed by atoms with E-state index in [0.717, 1.165) is 23.9 Å². The predicted molar refractivity (Wildman–Crippen MR) is 102 cm³/mol. The first kappa shape index (κ1) is 17.3. The van der Waals surface area contributed by atoms with Gasteiger partial charge in [0.2, 0.25) is 0 Å². The van der Waals surface area contributed by atoms with Crippen molar-refractivity contribution in [1.82, 2.24) is 14.9 Å². The monoisotopic (exact) mass is 374 g/mol. The average molecular weight is 375 g/mol. The van der Waals surface area contributed by atoms with Crippen molar-refractivity contribution in [2.75, 3.05) is 18.0 Å². The van der Waals surface area contributed by atoms with Gasteiger partial charge in [0, 0.05) is 13.1 Å². The molecule has 2 fully saturated rings. The molecule has 3 heterocycles. The van der Waals surface area contributed by atoms with Gasteiger partial charge in [-0.3, -0.25) is 4.90 Å². The summed E-state index contributed by atoms with van der Waals surface area (Å²) in [6.07, 6.45) is 1.72. The fourth-order valence-corrected chi connectivity index (χ4v) is 4.11. The molecule has 0 N–H and O–H groups in total. The molecular weight excluding hydrogens is 352 g/mol. The smallest absolute Gasteiger partial charge is 0.410 e. The summed E-state index contributed by atoms with van der Waals surface area (Å²) >= 11 is 6.42. The minimum absolute atomic E-state index is 0.118. The zero-order chi connectivity index (χ0) is 18.5. The summed E-state index contributed by atoms with van der Waals surface area (Å²) in [5, 5.41) is 0.411. The van der Waals surface area contributed by atoms with Crippen molar-refractivity contribution in [1.29, 1.82) is 0 Å². The fourth-order valence-electron chi connectivity index (χ4n) is 3.86. The summed E-state index contributed by atoms with van der Waals surface area (Å²) < 4.78 is 5.59. The normalized spacial score (nSPS) is 22.8. The maximum absolute atomic E-state index is 12.6. The fraction of sp³-hybridized carbons (Fsp3) is 0.526. The number of amides is 1. The minimum Gasteiger partial charge on any atom is -0.444 e. The molecule has 26 heavy (non-hydrogen) atoms. The van der Waals surface area contributed by atoms with Crippen LogP contribution in [0.4, 0.5) is 10.6 Å². The van der Waals surface area contributed by atoms with Crippen molar-refractivity contribution in [3.8, 4) is 0 Å². The van der Waals surface area contributed by atoms with E-state index < -0.39 is 5.60 Å². The first-order valence-electron chi connectivity index (χ1n) is 9.00. The van der Waals surface area contributed by atoms with Gasteiger partial charge in [0.1, 0.15) is 5.60 Å². The van der Waals surface area contributed by atoms with E-state index in [1.807, 2.05) is 49.9 Å². The first-order chi connectivity index (χ1) is 12.3. The summed E-state index contributed by atoms with van der Waals surface area (Å²) in [6, 6.07) is 7.95.